The summed E-state index contributed by atoms with van der Waals surface area (Å²) >= 11 is 12.7. The SMILES string of the molecule is C=CC(=O)N1[C@H](C)CN(C2=C(C#N)C(O)N(c3c(C)ccnc3C(C)C)c3nc(-c4c(N)c(Cl)c(F)c(F)c4F)c(Cl)cc32)C[C@@H]1C. The van der Waals surface area contributed by atoms with Gasteiger partial charge in [-0.25, -0.2) is 18.2 Å². The predicted molar refractivity (Wildman–Crippen MR) is 175 cm³/mol. The van der Waals surface area contributed by atoms with Crippen LogP contribution in [0.1, 0.15) is 50.4 Å². The fourth-order valence-corrected chi connectivity index (χ4v) is 6.86. The number of amides is 1. The van der Waals surface area contributed by atoms with Crippen molar-refractivity contribution in [2.75, 3.05) is 23.7 Å². The van der Waals surface area contributed by atoms with Gasteiger partial charge in [-0.15, -0.1) is 0 Å². The van der Waals surface area contributed by atoms with Crippen LogP contribution in [0.2, 0.25) is 10.0 Å². The second-order valence-corrected chi connectivity index (χ2v) is 12.7. The first-order valence-corrected chi connectivity index (χ1v) is 15.5. The highest BCUT2D eigenvalue weighted by atomic mass is 35.5. The van der Waals surface area contributed by atoms with Crippen molar-refractivity contribution in [3.63, 3.8) is 0 Å². The van der Waals surface area contributed by atoms with Gasteiger partial charge in [0.1, 0.15) is 22.5 Å². The molecule has 1 aromatic carbocycles. The summed E-state index contributed by atoms with van der Waals surface area (Å²) in [5.74, 6) is -5.56. The highest BCUT2D eigenvalue weighted by molar-refractivity contribution is 6.35. The number of nitrogens with two attached hydrogens (primary N) is 1. The summed E-state index contributed by atoms with van der Waals surface area (Å²) in [6.07, 6.45) is 1.23. The summed E-state index contributed by atoms with van der Waals surface area (Å²) in [4.78, 5) is 26.8. The highest BCUT2D eigenvalue weighted by Gasteiger charge is 2.42. The zero-order chi connectivity index (χ0) is 34.6. The number of pyridine rings is 2. The minimum atomic E-state index is -1.86. The van der Waals surface area contributed by atoms with Gasteiger partial charge in [0.2, 0.25) is 5.91 Å². The van der Waals surface area contributed by atoms with E-state index in [1.807, 2.05) is 32.6 Å². The Balaban J connectivity index is 1.84. The molecule has 2 aliphatic heterocycles. The lowest BCUT2D eigenvalue weighted by Gasteiger charge is -2.48. The number of hydrogen-bond acceptors (Lipinski definition) is 8. The third kappa shape index (κ3) is 5.46. The third-order valence-electron chi connectivity index (χ3n) is 8.46. The molecule has 1 amide bonds. The van der Waals surface area contributed by atoms with E-state index in [-0.39, 0.29) is 64.7 Å². The number of nitrogens with zero attached hydrogens (tertiary/aromatic N) is 6. The largest absolute Gasteiger partial charge is 0.397 e. The van der Waals surface area contributed by atoms with Gasteiger partial charge in [-0.2, -0.15) is 5.26 Å². The van der Waals surface area contributed by atoms with E-state index in [1.165, 1.54) is 17.0 Å². The molecule has 2 aliphatic rings. The molecule has 0 aliphatic carbocycles. The monoisotopic (exact) mass is 685 g/mol. The van der Waals surface area contributed by atoms with Crippen molar-refractivity contribution in [2.24, 2.45) is 0 Å². The molecule has 1 unspecified atom stereocenters. The molecule has 5 rings (SSSR count). The molecule has 0 saturated carbocycles. The maximum Gasteiger partial charge on any atom is 0.246 e. The molecule has 4 heterocycles. The number of benzene rings is 1. The number of nitriles is 1. The number of halogens is 5. The molecule has 3 atom stereocenters. The molecule has 1 saturated heterocycles. The minimum absolute atomic E-state index is 0.0217. The number of rotatable bonds is 5. The number of aliphatic hydroxyl groups is 1. The third-order valence-corrected chi connectivity index (χ3v) is 9.12. The lowest BCUT2D eigenvalue weighted by atomic mass is 9.93. The Hall–Kier alpha value is -4.31. The Morgan fingerprint density at radius 1 is 1.19 bits per heavy atom. The molecule has 14 heteroatoms. The van der Waals surface area contributed by atoms with Crippen molar-refractivity contribution in [3.8, 4) is 17.3 Å². The molecule has 3 N–H and O–H groups in total. The molecule has 0 spiro atoms. The zero-order valence-corrected chi connectivity index (χ0v) is 27.8. The van der Waals surface area contributed by atoms with Crippen molar-refractivity contribution in [2.45, 2.75) is 58.8 Å². The highest BCUT2D eigenvalue weighted by Crippen LogP contribution is 2.49. The fourth-order valence-electron chi connectivity index (χ4n) is 6.44. The number of piperazine rings is 1. The summed E-state index contributed by atoms with van der Waals surface area (Å²) in [6, 6.07) is 4.64. The fraction of sp³-hybridized carbons (Fsp3) is 0.333. The van der Waals surface area contributed by atoms with Gasteiger partial charge in [0.15, 0.2) is 23.7 Å². The van der Waals surface area contributed by atoms with Crippen LogP contribution in [0.5, 0.6) is 0 Å². The average molecular weight is 687 g/mol. The molecular weight excluding hydrogens is 654 g/mol. The van der Waals surface area contributed by atoms with Gasteiger partial charge >= 0.3 is 0 Å². The van der Waals surface area contributed by atoms with Gasteiger partial charge < -0.3 is 20.6 Å². The lowest BCUT2D eigenvalue weighted by molar-refractivity contribution is -0.132. The smallest absolute Gasteiger partial charge is 0.246 e. The first kappa shape index (κ1) is 34.0. The van der Waals surface area contributed by atoms with Crippen LogP contribution in [0.4, 0.5) is 30.4 Å². The Morgan fingerprint density at radius 3 is 2.40 bits per heavy atom. The van der Waals surface area contributed by atoms with Gasteiger partial charge in [-0.3, -0.25) is 14.7 Å². The molecule has 0 bridgehead atoms. The van der Waals surface area contributed by atoms with Crippen LogP contribution in [-0.4, -0.2) is 62.2 Å². The zero-order valence-electron chi connectivity index (χ0n) is 26.2. The van der Waals surface area contributed by atoms with E-state index in [9.17, 15) is 23.9 Å². The number of aliphatic hydroxyl groups excluding tert-OH is 1. The van der Waals surface area contributed by atoms with Gasteiger partial charge in [0.05, 0.1) is 39.0 Å². The molecule has 2 aromatic heterocycles. The average Bonchev–Trinajstić information content (AvgIpc) is 3.02. The van der Waals surface area contributed by atoms with E-state index in [2.05, 4.69) is 22.6 Å². The molecular formula is C33H32Cl2F3N7O2. The Bertz CT molecular complexity index is 1850. The van der Waals surface area contributed by atoms with E-state index in [0.717, 1.165) is 0 Å². The first-order chi connectivity index (χ1) is 22.2. The van der Waals surface area contributed by atoms with E-state index in [4.69, 9.17) is 28.9 Å². The van der Waals surface area contributed by atoms with Crippen LogP contribution < -0.4 is 10.6 Å². The molecule has 3 aromatic rings. The Labute approximate surface area is 280 Å². The van der Waals surface area contributed by atoms with Crippen molar-refractivity contribution in [1.82, 2.24) is 19.8 Å². The van der Waals surface area contributed by atoms with Crippen molar-refractivity contribution in [1.29, 1.82) is 5.26 Å². The molecule has 0 radical (unpaired) electrons. The van der Waals surface area contributed by atoms with Gasteiger partial charge in [0, 0.05) is 36.9 Å². The summed E-state index contributed by atoms with van der Waals surface area (Å²) in [5, 5.41) is 21.5. The lowest BCUT2D eigenvalue weighted by Crippen LogP contribution is -2.58. The van der Waals surface area contributed by atoms with Crippen LogP contribution in [0.15, 0.2) is 36.6 Å². The number of fused-ring (bicyclic) bond motifs is 1. The number of aryl methyl sites for hydroxylation is 1. The topological polar surface area (TPSA) is 123 Å². The normalized spacial score (nSPS) is 19.6. The van der Waals surface area contributed by atoms with Crippen molar-refractivity contribution < 1.29 is 23.1 Å². The minimum Gasteiger partial charge on any atom is -0.397 e. The molecule has 1 fully saturated rings. The second kappa shape index (κ2) is 12.7. The van der Waals surface area contributed by atoms with Crippen LogP contribution >= 0.6 is 23.2 Å². The maximum absolute atomic E-state index is 15.4. The maximum atomic E-state index is 15.4. The second-order valence-electron chi connectivity index (χ2n) is 11.9. The van der Waals surface area contributed by atoms with E-state index in [1.54, 1.807) is 24.1 Å². The summed E-state index contributed by atoms with van der Waals surface area (Å²) in [5.41, 5.74) is 6.56. The van der Waals surface area contributed by atoms with E-state index < -0.39 is 40.0 Å². The number of nitrogen functional groups attached to an aromatic ring is 1. The Kier molecular flexibility index (Phi) is 9.21. The number of anilines is 3. The molecule has 47 heavy (non-hydrogen) atoms. The standard InChI is InChI=1S/C33H32Cl2F3N7O2/c1-7-21(46)44-16(5)12-43(13-17(44)6)31-18-10-20(34)29(22-24(36)26(38)25(37)23(35)27(22)40)42-32(18)45(33(47)19(31)11-39)30-15(4)8-9-41-28(30)14(2)3/h7-10,14,16-17,33,47H,1,12-13,40H2,2-6H3/t16-,17+,33?. The quantitative estimate of drug-likeness (QED) is 0.132. The number of carbonyl (C=O) groups excluding carboxylic acids is 1. The van der Waals surface area contributed by atoms with Crippen LogP contribution in [-0.2, 0) is 4.79 Å². The van der Waals surface area contributed by atoms with Gasteiger partial charge in [0.25, 0.3) is 0 Å². The van der Waals surface area contributed by atoms with E-state index in [0.29, 0.717) is 22.6 Å². The summed E-state index contributed by atoms with van der Waals surface area (Å²) < 4.78 is 44.4. The van der Waals surface area contributed by atoms with Gasteiger partial charge in [-0.1, -0.05) is 43.6 Å². The predicted octanol–water partition coefficient (Wildman–Crippen LogP) is 6.69. The summed E-state index contributed by atoms with van der Waals surface area (Å²) in [6.45, 7) is 13.4. The molecule has 9 nitrogen and oxygen atoms in total. The molecule has 246 valence electrons. The van der Waals surface area contributed by atoms with Gasteiger partial charge in [-0.05, 0) is 50.5 Å². The van der Waals surface area contributed by atoms with Crippen molar-refractivity contribution in [3.05, 3.63) is 80.9 Å². The van der Waals surface area contributed by atoms with Crippen molar-refractivity contribution >= 4 is 52.0 Å². The Morgan fingerprint density at radius 2 is 1.83 bits per heavy atom. The number of hydrogen-bond donors (Lipinski definition) is 2. The summed E-state index contributed by atoms with van der Waals surface area (Å²) in [7, 11) is 0. The first-order valence-electron chi connectivity index (χ1n) is 14.7. The van der Waals surface area contributed by atoms with E-state index >= 15 is 4.39 Å². The van der Waals surface area contributed by atoms with Crippen LogP contribution in [0.25, 0.3) is 17.0 Å². The van der Waals surface area contributed by atoms with Crippen LogP contribution in [0, 0.1) is 35.7 Å². The number of carbonyl (C=O) groups is 1. The number of aromatic nitrogens is 2. The van der Waals surface area contributed by atoms with Crippen LogP contribution in [0.3, 0.4) is 0 Å².